The number of nitrogens with one attached hydrogen (secondary N) is 1. The molecule has 1 aliphatic heterocycles. The van der Waals surface area contributed by atoms with Gasteiger partial charge < -0.3 is 10.2 Å². The number of fused-ring (bicyclic) bond motifs is 1. The van der Waals surface area contributed by atoms with Gasteiger partial charge >= 0.3 is 0 Å². The monoisotopic (exact) mass is 286 g/mol. The standard InChI is InChI=1S/C18H26N2O/c1-19-18(10-5-2-6-11-18)13-17(21)20-12-9-15-7-3-4-8-16(15)14-20/h3-4,7-8,19H,2,5-6,9-14H2,1H3. The molecule has 1 amide bonds. The molecule has 1 heterocycles. The fourth-order valence-corrected chi connectivity index (χ4v) is 3.85. The molecule has 3 nitrogen and oxygen atoms in total. The van der Waals surface area contributed by atoms with Crippen molar-refractivity contribution in [3.63, 3.8) is 0 Å². The zero-order valence-corrected chi connectivity index (χ0v) is 13.0. The Hall–Kier alpha value is -1.35. The minimum absolute atomic E-state index is 0.0479. The molecule has 1 aliphatic carbocycles. The Morgan fingerprint density at radius 2 is 1.90 bits per heavy atom. The van der Waals surface area contributed by atoms with Crippen LogP contribution in [0, 0.1) is 0 Å². The van der Waals surface area contributed by atoms with Gasteiger partial charge in [-0.3, -0.25) is 4.79 Å². The van der Waals surface area contributed by atoms with Crippen molar-refractivity contribution >= 4 is 5.91 Å². The van der Waals surface area contributed by atoms with E-state index in [9.17, 15) is 4.79 Å². The van der Waals surface area contributed by atoms with E-state index in [0.717, 1.165) is 32.4 Å². The van der Waals surface area contributed by atoms with Crippen molar-refractivity contribution < 1.29 is 4.79 Å². The molecular formula is C18H26N2O. The summed E-state index contributed by atoms with van der Waals surface area (Å²) >= 11 is 0. The van der Waals surface area contributed by atoms with Gasteiger partial charge in [0.1, 0.15) is 0 Å². The van der Waals surface area contributed by atoms with Gasteiger partial charge in [0, 0.05) is 25.0 Å². The number of benzene rings is 1. The van der Waals surface area contributed by atoms with Gasteiger partial charge in [0.15, 0.2) is 0 Å². The molecule has 1 N–H and O–H groups in total. The third-order valence-electron chi connectivity index (χ3n) is 5.31. The number of hydrogen-bond donors (Lipinski definition) is 1. The average molecular weight is 286 g/mol. The summed E-state index contributed by atoms with van der Waals surface area (Å²) in [4.78, 5) is 14.8. The second-order valence-corrected chi connectivity index (χ2v) is 6.60. The lowest BCUT2D eigenvalue weighted by Crippen LogP contribution is -2.49. The second kappa shape index (κ2) is 6.18. The normalized spacial score (nSPS) is 20.9. The first-order chi connectivity index (χ1) is 10.2. The van der Waals surface area contributed by atoms with Crippen LogP contribution < -0.4 is 5.32 Å². The fourth-order valence-electron chi connectivity index (χ4n) is 3.85. The van der Waals surface area contributed by atoms with Crippen LogP contribution in [-0.4, -0.2) is 29.9 Å². The summed E-state index contributed by atoms with van der Waals surface area (Å²) in [5.41, 5.74) is 2.77. The molecular weight excluding hydrogens is 260 g/mol. The van der Waals surface area contributed by atoms with E-state index in [-0.39, 0.29) is 5.54 Å². The molecule has 0 radical (unpaired) electrons. The molecule has 3 rings (SSSR count). The Labute approximate surface area is 127 Å². The van der Waals surface area contributed by atoms with Gasteiger partial charge in [0.25, 0.3) is 0 Å². The molecule has 1 fully saturated rings. The molecule has 0 bridgehead atoms. The SMILES string of the molecule is CNC1(CC(=O)N2CCc3ccccc3C2)CCCCC1. The van der Waals surface area contributed by atoms with Gasteiger partial charge in [-0.05, 0) is 37.4 Å². The highest BCUT2D eigenvalue weighted by Gasteiger charge is 2.34. The summed E-state index contributed by atoms with van der Waals surface area (Å²) in [5.74, 6) is 0.320. The quantitative estimate of drug-likeness (QED) is 0.926. The molecule has 114 valence electrons. The van der Waals surface area contributed by atoms with Gasteiger partial charge in [-0.2, -0.15) is 0 Å². The molecule has 1 aromatic carbocycles. The number of rotatable bonds is 3. The van der Waals surface area contributed by atoms with E-state index in [2.05, 4.69) is 34.5 Å². The first-order valence-corrected chi connectivity index (χ1v) is 8.26. The Morgan fingerprint density at radius 1 is 1.19 bits per heavy atom. The summed E-state index contributed by atoms with van der Waals surface area (Å²) in [6.07, 6.45) is 7.74. The number of amides is 1. The van der Waals surface area contributed by atoms with Crippen LogP contribution in [0.5, 0.6) is 0 Å². The van der Waals surface area contributed by atoms with Crippen LogP contribution in [0.1, 0.15) is 49.7 Å². The molecule has 21 heavy (non-hydrogen) atoms. The average Bonchev–Trinajstić information content (AvgIpc) is 2.55. The molecule has 3 heteroatoms. The molecule has 0 spiro atoms. The predicted molar refractivity (Wildman–Crippen MR) is 85.1 cm³/mol. The van der Waals surface area contributed by atoms with Crippen molar-refractivity contribution in [2.24, 2.45) is 0 Å². The maximum Gasteiger partial charge on any atom is 0.224 e. The summed E-state index contributed by atoms with van der Waals surface area (Å²) in [5, 5.41) is 3.46. The molecule has 2 aliphatic rings. The number of carbonyl (C=O) groups excluding carboxylic acids is 1. The van der Waals surface area contributed by atoms with Crippen molar-refractivity contribution in [3.8, 4) is 0 Å². The predicted octanol–water partition coefficient (Wildman–Crippen LogP) is 2.88. The molecule has 1 aromatic rings. The second-order valence-electron chi connectivity index (χ2n) is 6.60. The van der Waals surface area contributed by atoms with Crippen LogP contribution in [0.4, 0.5) is 0 Å². The van der Waals surface area contributed by atoms with Crippen molar-refractivity contribution in [2.45, 2.75) is 57.0 Å². The lowest BCUT2D eigenvalue weighted by Gasteiger charge is -2.39. The van der Waals surface area contributed by atoms with Crippen LogP contribution in [-0.2, 0) is 17.8 Å². The highest BCUT2D eigenvalue weighted by Crippen LogP contribution is 2.32. The summed E-state index contributed by atoms with van der Waals surface area (Å²) < 4.78 is 0. The van der Waals surface area contributed by atoms with E-state index in [1.54, 1.807) is 0 Å². The molecule has 0 atom stereocenters. The first-order valence-electron chi connectivity index (χ1n) is 8.26. The van der Waals surface area contributed by atoms with Gasteiger partial charge in [0.2, 0.25) is 5.91 Å². The largest absolute Gasteiger partial charge is 0.338 e. The molecule has 0 saturated heterocycles. The maximum absolute atomic E-state index is 12.7. The van der Waals surface area contributed by atoms with Crippen LogP contribution >= 0.6 is 0 Å². The molecule has 1 saturated carbocycles. The summed E-state index contributed by atoms with van der Waals surface area (Å²) in [7, 11) is 2.02. The Bertz CT molecular complexity index is 506. The van der Waals surface area contributed by atoms with Crippen molar-refractivity contribution in [2.75, 3.05) is 13.6 Å². The molecule has 0 aromatic heterocycles. The van der Waals surface area contributed by atoms with E-state index in [1.807, 2.05) is 7.05 Å². The van der Waals surface area contributed by atoms with E-state index in [1.165, 1.54) is 30.4 Å². The fraction of sp³-hybridized carbons (Fsp3) is 0.611. The van der Waals surface area contributed by atoms with Gasteiger partial charge in [-0.15, -0.1) is 0 Å². The minimum Gasteiger partial charge on any atom is -0.338 e. The lowest BCUT2D eigenvalue weighted by atomic mass is 9.79. The third kappa shape index (κ3) is 3.13. The van der Waals surface area contributed by atoms with Crippen LogP contribution in [0.25, 0.3) is 0 Å². The smallest absolute Gasteiger partial charge is 0.224 e. The topological polar surface area (TPSA) is 32.3 Å². The van der Waals surface area contributed by atoms with E-state index < -0.39 is 0 Å². The van der Waals surface area contributed by atoms with E-state index in [4.69, 9.17) is 0 Å². The van der Waals surface area contributed by atoms with Gasteiger partial charge in [-0.1, -0.05) is 43.5 Å². The maximum atomic E-state index is 12.7. The highest BCUT2D eigenvalue weighted by molar-refractivity contribution is 5.78. The van der Waals surface area contributed by atoms with Crippen molar-refractivity contribution in [1.29, 1.82) is 0 Å². The Kier molecular flexibility index (Phi) is 4.29. The van der Waals surface area contributed by atoms with Crippen molar-refractivity contribution in [1.82, 2.24) is 10.2 Å². The zero-order chi connectivity index (χ0) is 14.7. The summed E-state index contributed by atoms with van der Waals surface area (Å²) in [6, 6.07) is 8.51. The number of hydrogen-bond acceptors (Lipinski definition) is 2. The zero-order valence-electron chi connectivity index (χ0n) is 13.0. The minimum atomic E-state index is 0.0479. The Balaban J connectivity index is 1.66. The number of carbonyl (C=O) groups is 1. The first kappa shape index (κ1) is 14.6. The van der Waals surface area contributed by atoms with Crippen LogP contribution in [0.3, 0.4) is 0 Å². The van der Waals surface area contributed by atoms with Crippen LogP contribution in [0.15, 0.2) is 24.3 Å². The van der Waals surface area contributed by atoms with E-state index >= 15 is 0 Å². The molecule has 0 unspecified atom stereocenters. The van der Waals surface area contributed by atoms with Crippen LogP contribution in [0.2, 0.25) is 0 Å². The van der Waals surface area contributed by atoms with Gasteiger partial charge in [-0.25, -0.2) is 0 Å². The number of nitrogens with zero attached hydrogens (tertiary/aromatic N) is 1. The summed E-state index contributed by atoms with van der Waals surface area (Å²) in [6.45, 7) is 1.66. The van der Waals surface area contributed by atoms with Crippen molar-refractivity contribution in [3.05, 3.63) is 35.4 Å². The van der Waals surface area contributed by atoms with E-state index in [0.29, 0.717) is 12.3 Å². The lowest BCUT2D eigenvalue weighted by molar-refractivity contribution is -0.134. The highest BCUT2D eigenvalue weighted by atomic mass is 16.2. The Morgan fingerprint density at radius 3 is 2.62 bits per heavy atom. The van der Waals surface area contributed by atoms with Gasteiger partial charge in [0.05, 0.1) is 0 Å². The third-order valence-corrected chi connectivity index (χ3v) is 5.31.